The minimum atomic E-state index is -0.408. The van der Waals surface area contributed by atoms with Crippen LogP contribution < -0.4 is 0 Å². The first-order valence-electron chi connectivity index (χ1n) is 5.85. The molecular formula is C16H14O3. The monoisotopic (exact) mass is 254 g/mol. The van der Waals surface area contributed by atoms with Crippen LogP contribution in [0.5, 0.6) is 5.75 Å². The molecule has 3 nitrogen and oxygen atoms in total. The zero-order chi connectivity index (χ0) is 13.7. The highest BCUT2D eigenvalue weighted by Crippen LogP contribution is 2.21. The molecule has 0 aliphatic rings. The van der Waals surface area contributed by atoms with Crippen molar-refractivity contribution in [1.29, 1.82) is 0 Å². The summed E-state index contributed by atoms with van der Waals surface area (Å²) in [6.07, 6.45) is 1.76. The number of methoxy groups -OCH3 is 1. The van der Waals surface area contributed by atoms with Crippen molar-refractivity contribution in [2.24, 2.45) is 0 Å². The van der Waals surface area contributed by atoms with Crippen LogP contribution in [0.1, 0.15) is 11.1 Å². The number of ether oxygens (including phenoxy) is 1. The summed E-state index contributed by atoms with van der Waals surface area (Å²) in [5, 5.41) is 9.29. The molecule has 0 saturated heterocycles. The van der Waals surface area contributed by atoms with E-state index < -0.39 is 5.97 Å². The largest absolute Gasteiger partial charge is 0.508 e. The lowest BCUT2D eigenvalue weighted by molar-refractivity contribution is -0.133. The molecule has 0 unspecified atom stereocenters. The predicted octanol–water partition coefficient (Wildman–Crippen LogP) is 3.11. The number of carbonyl (C=O) groups is 1. The smallest absolute Gasteiger partial charge is 0.338 e. The van der Waals surface area contributed by atoms with Crippen molar-refractivity contribution in [2.75, 3.05) is 7.11 Å². The normalized spacial score (nSPS) is 11.1. The minimum Gasteiger partial charge on any atom is -0.508 e. The van der Waals surface area contributed by atoms with Gasteiger partial charge < -0.3 is 9.84 Å². The average Bonchev–Trinajstić information content (AvgIpc) is 2.46. The molecule has 0 bridgehead atoms. The van der Waals surface area contributed by atoms with Crippen LogP contribution in [-0.4, -0.2) is 18.2 Å². The Balaban J connectivity index is 2.45. The molecule has 0 amide bonds. The van der Waals surface area contributed by atoms with Crippen LogP contribution in [-0.2, 0) is 9.53 Å². The fourth-order valence-electron chi connectivity index (χ4n) is 1.73. The molecule has 2 aromatic rings. The minimum absolute atomic E-state index is 0.160. The first-order valence-corrected chi connectivity index (χ1v) is 5.85. The van der Waals surface area contributed by atoms with E-state index in [-0.39, 0.29) is 5.75 Å². The van der Waals surface area contributed by atoms with E-state index in [1.165, 1.54) is 19.2 Å². The Morgan fingerprint density at radius 3 is 2.26 bits per heavy atom. The number of aromatic hydroxyl groups is 1. The highest BCUT2D eigenvalue weighted by atomic mass is 16.5. The van der Waals surface area contributed by atoms with Gasteiger partial charge in [-0.1, -0.05) is 42.5 Å². The Labute approximate surface area is 111 Å². The predicted molar refractivity (Wildman–Crippen MR) is 74.4 cm³/mol. The topological polar surface area (TPSA) is 46.5 Å². The molecular weight excluding hydrogens is 240 g/mol. The molecule has 2 rings (SSSR count). The van der Waals surface area contributed by atoms with Crippen LogP contribution in [0.4, 0.5) is 0 Å². The number of esters is 1. The Kier molecular flexibility index (Phi) is 3.98. The molecule has 0 aliphatic heterocycles. The third-order valence-corrected chi connectivity index (χ3v) is 2.69. The van der Waals surface area contributed by atoms with Gasteiger partial charge in [-0.2, -0.15) is 0 Å². The first kappa shape index (κ1) is 12.9. The second-order valence-corrected chi connectivity index (χ2v) is 4.01. The van der Waals surface area contributed by atoms with Crippen LogP contribution in [0.3, 0.4) is 0 Å². The summed E-state index contributed by atoms with van der Waals surface area (Å²) < 4.78 is 4.80. The molecule has 0 aromatic heterocycles. The molecule has 0 fully saturated rings. The zero-order valence-corrected chi connectivity index (χ0v) is 10.5. The highest BCUT2D eigenvalue weighted by molar-refractivity contribution is 6.21. The first-order chi connectivity index (χ1) is 9.20. The molecule has 19 heavy (non-hydrogen) atoms. The molecule has 1 N–H and O–H groups in total. The fraction of sp³-hybridized carbons (Fsp3) is 0.0625. The lowest BCUT2D eigenvalue weighted by Gasteiger charge is -2.06. The Hall–Kier alpha value is -2.55. The van der Waals surface area contributed by atoms with Crippen LogP contribution in [0, 0.1) is 0 Å². The molecule has 0 heterocycles. The van der Waals surface area contributed by atoms with Crippen LogP contribution >= 0.6 is 0 Å². The van der Waals surface area contributed by atoms with Crippen molar-refractivity contribution in [3.8, 4) is 5.75 Å². The molecule has 0 aliphatic carbocycles. The van der Waals surface area contributed by atoms with Gasteiger partial charge in [-0.25, -0.2) is 4.79 Å². The second kappa shape index (κ2) is 5.87. The number of rotatable bonds is 3. The summed E-state index contributed by atoms with van der Waals surface area (Å²) in [5.74, 6) is -0.248. The molecule has 0 spiro atoms. The third kappa shape index (κ3) is 3.22. The second-order valence-electron chi connectivity index (χ2n) is 4.01. The maximum Gasteiger partial charge on any atom is 0.338 e. The quantitative estimate of drug-likeness (QED) is 0.520. The van der Waals surface area contributed by atoms with E-state index >= 15 is 0 Å². The van der Waals surface area contributed by atoms with Crippen LogP contribution in [0.25, 0.3) is 11.6 Å². The van der Waals surface area contributed by atoms with Crippen molar-refractivity contribution in [3.05, 3.63) is 65.7 Å². The van der Waals surface area contributed by atoms with Crippen molar-refractivity contribution < 1.29 is 14.6 Å². The summed E-state index contributed by atoms with van der Waals surface area (Å²) >= 11 is 0. The van der Waals surface area contributed by atoms with Gasteiger partial charge in [0.15, 0.2) is 0 Å². The summed E-state index contributed by atoms with van der Waals surface area (Å²) in [6.45, 7) is 0. The van der Waals surface area contributed by atoms with Crippen molar-refractivity contribution >= 4 is 17.6 Å². The zero-order valence-electron chi connectivity index (χ0n) is 10.5. The maximum absolute atomic E-state index is 11.8. The Bertz CT molecular complexity index is 583. The van der Waals surface area contributed by atoms with Gasteiger partial charge in [0.05, 0.1) is 12.7 Å². The maximum atomic E-state index is 11.8. The Morgan fingerprint density at radius 2 is 1.68 bits per heavy atom. The van der Waals surface area contributed by atoms with Gasteiger partial charge in [-0.15, -0.1) is 0 Å². The van der Waals surface area contributed by atoms with E-state index in [1.807, 2.05) is 30.3 Å². The van der Waals surface area contributed by atoms with E-state index in [4.69, 9.17) is 4.74 Å². The van der Waals surface area contributed by atoms with Gasteiger partial charge in [-0.3, -0.25) is 0 Å². The molecule has 3 heteroatoms. The third-order valence-electron chi connectivity index (χ3n) is 2.69. The van der Waals surface area contributed by atoms with E-state index in [1.54, 1.807) is 18.2 Å². The standard InChI is InChI=1S/C16H14O3/c1-19-16(18)15(11-12-5-3-2-4-6-12)13-7-9-14(17)10-8-13/h2-11,17H,1H3/b15-11+. The number of hydrogen-bond donors (Lipinski definition) is 1. The molecule has 0 atom stereocenters. The van der Waals surface area contributed by atoms with Gasteiger partial charge in [0, 0.05) is 0 Å². The fourth-order valence-corrected chi connectivity index (χ4v) is 1.73. The molecule has 0 radical (unpaired) electrons. The van der Waals surface area contributed by atoms with E-state index in [0.717, 1.165) is 5.56 Å². The number of benzene rings is 2. The average molecular weight is 254 g/mol. The van der Waals surface area contributed by atoms with E-state index in [0.29, 0.717) is 11.1 Å². The Morgan fingerprint density at radius 1 is 1.05 bits per heavy atom. The lowest BCUT2D eigenvalue weighted by Crippen LogP contribution is -2.03. The van der Waals surface area contributed by atoms with Crippen LogP contribution in [0.2, 0.25) is 0 Å². The van der Waals surface area contributed by atoms with Gasteiger partial charge in [0.2, 0.25) is 0 Å². The molecule has 2 aromatic carbocycles. The summed E-state index contributed by atoms with van der Waals surface area (Å²) in [7, 11) is 1.35. The molecule has 96 valence electrons. The number of phenolic OH excluding ortho intramolecular Hbond substituents is 1. The van der Waals surface area contributed by atoms with Gasteiger partial charge >= 0.3 is 5.97 Å². The van der Waals surface area contributed by atoms with Gasteiger partial charge in [-0.05, 0) is 29.3 Å². The van der Waals surface area contributed by atoms with E-state index in [2.05, 4.69) is 0 Å². The number of hydrogen-bond acceptors (Lipinski definition) is 3. The summed E-state index contributed by atoms with van der Waals surface area (Å²) in [5.41, 5.74) is 2.07. The van der Waals surface area contributed by atoms with Gasteiger partial charge in [0.1, 0.15) is 5.75 Å². The van der Waals surface area contributed by atoms with Crippen molar-refractivity contribution in [1.82, 2.24) is 0 Å². The summed E-state index contributed by atoms with van der Waals surface area (Å²) in [6, 6.07) is 16.0. The van der Waals surface area contributed by atoms with Crippen molar-refractivity contribution in [3.63, 3.8) is 0 Å². The number of carbonyl (C=O) groups excluding carboxylic acids is 1. The number of phenols is 1. The SMILES string of the molecule is COC(=O)/C(=C/c1ccccc1)c1ccc(O)cc1. The van der Waals surface area contributed by atoms with Crippen LogP contribution in [0.15, 0.2) is 54.6 Å². The van der Waals surface area contributed by atoms with E-state index in [9.17, 15) is 9.90 Å². The lowest BCUT2D eigenvalue weighted by atomic mass is 10.0. The summed E-state index contributed by atoms with van der Waals surface area (Å²) in [4.78, 5) is 11.8. The highest BCUT2D eigenvalue weighted by Gasteiger charge is 2.12. The molecule has 0 saturated carbocycles. The van der Waals surface area contributed by atoms with Crippen molar-refractivity contribution in [2.45, 2.75) is 0 Å². The van der Waals surface area contributed by atoms with Gasteiger partial charge in [0.25, 0.3) is 0 Å².